The molecule has 0 aromatic heterocycles. The maximum absolute atomic E-state index is 12.2. The Labute approximate surface area is 126 Å². The van der Waals surface area contributed by atoms with Gasteiger partial charge in [0.05, 0.1) is 12.0 Å². The molecule has 6 heteroatoms. The molecular weight excluding hydrogens is 286 g/mol. The molecule has 1 amide bonds. The molecule has 22 heavy (non-hydrogen) atoms. The number of rotatable bonds is 3. The zero-order valence-electron chi connectivity index (χ0n) is 11.8. The minimum Gasteiger partial charge on any atom is -0.393 e. The lowest BCUT2D eigenvalue weighted by Crippen LogP contribution is -2.49. The Morgan fingerprint density at radius 1 is 1.23 bits per heavy atom. The maximum atomic E-state index is 12.2. The van der Waals surface area contributed by atoms with Crippen LogP contribution >= 0.6 is 0 Å². The average molecular weight is 301 g/mol. The number of cyclic esters (lactones) is 2. The fraction of sp³-hybridized carbons (Fsp3) is 0.438. The summed E-state index contributed by atoms with van der Waals surface area (Å²) in [7, 11) is 0. The van der Waals surface area contributed by atoms with Gasteiger partial charge in [-0.05, 0) is 25.0 Å². The van der Waals surface area contributed by atoms with Crippen LogP contribution in [0, 0.1) is 11.8 Å². The van der Waals surface area contributed by atoms with E-state index in [2.05, 4.69) is 5.32 Å². The van der Waals surface area contributed by atoms with Crippen LogP contribution in [-0.4, -0.2) is 36.1 Å². The Kier molecular flexibility index (Phi) is 2.84. The third kappa shape index (κ3) is 1.80. The topological polar surface area (TPSA) is 81.7 Å². The number of esters is 2. The van der Waals surface area contributed by atoms with Crippen molar-refractivity contribution in [1.82, 2.24) is 5.32 Å². The number of amides is 1. The van der Waals surface area contributed by atoms with E-state index >= 15 is 0 Å². The summed E-state index contributed by atoms with van der Waals surface area (Å²) >= 11 is 0. The van der Waals surface area contributed by atoms with Crippen LogP contribution in [0.5, 0.6) is 0 Å². The Morgan fingerprint density at radius 2 is 2.00 bits per heavy atom. The molecule has 0 saturated carbocycles. The molecule has 4 rings (SSSR count). The van der Waals surface area contributed by atoms with Crippen molar-refractivity contribution in [1.29, 1.82) is 0 Å². The number of benzene rings is 1. The molecular formula is C16H15NO5. The normalized spacial score (nSPS) is 35.4. The first-order valence-electron chi connectivity index (χ1n) is 7.37. The van der Waals surface area contributed by atoms with Crippen LogP contribution in [0.25, 0.3) is 0 Å². The lowest BCUT2D eigenvalue weighted by Gasteiger charge is -2.29. The molecule has 3 aliphatic heterocycles. The molecule has 1 aromatic rings. The molecule has 0 radical (unpaired) electrons. The van der Waals surface area contributed by atoms with Gasteiger partial charge in [0.1, 0.15) is 11.5 Å². The van der Waals surface area contributed by atoms with Gasteiger partial charge in [-0.25, -0.2) is 0 Å². The van der Waals surface area contributed by atoms with E-state index in [0.717, 1.165) is 0 Å². The monoisotopic (exact) mass is 301 g/mol. The van der Waals surface area contributed by atoms with Gasteiger partial charge in [0.15, 0.2) is 0 Å². The van der Waals surface area contributed by atoms with Crippen molar-refractivity contribution < 1.29 is 23.9 Å². The van der Waals surface area contributed by atoms with E-state index in [1.807, 2.05) is 6.07 Å². The van der Waals surface area contributed by atoms with Gasteiger partial charge in [-0.2, -0.15) is 0 Å². The summed E-state index contributed by atoms with van der Waals surface area (Å²) in [5.41, 5.74) is -0.253. The number of hydrogen-bond acceptors (Lipinski definition) is 5. The second-order valence-electron chi connectivity index (χ2n) is 6.05. The van der Waals surface area contributed by atoms with E-state index in [-0.39, 0.29) is 18.6 Å². The second kappa shape index (κ2) is 4.64. The van der Waals surface area contributed by atoms with Crippen molar-refractivity contribution in [3.05, 3.63) is 35.9 Å². The molecule has 3 heterocycles. The molecule has 3 saturated heterocycles. The molecule has 2 bridgehead atoms. The average Bonchev–Trinajstić information content (AvgIpc) is 3.18. The molecule has 0 spiro atoms. The van der Waals surface area contributed by atoms with Crippen molar-refractivity contribution in [3.8, 4) is 0 Å². The number of ether oxygens (including phenoxy) is 2. The molecule has 3 aliphatic rings. The zero-order valence-corrected chi connectivity index (χ0v) is 11.8. The molecule has 3 fully saturated rings. The maximum Gasteiger partial charge on any atom is 0.320 e. The Hall–Kier alpha value is -2.21. The number of fused-ring (bicyclic) bond motifs is 5. The largest absolute Gasteiger partial charge is 0.393 e. The zero-order chi connectivity index (χ0) is 15.3. The van der Waals surface area contributed by atoms with Gasteiger partial charge >= 0.3 is 11.9 Å². The van der Waals surface area contributed by atoms with Gasteiger partial charge in [0, 0.05) is 12.1 Å². The summed E-state index contributed by atoms with van der Waals surface area (Å²) in [5.74, 6) is -2.32. The van der Waals surface area contributed by atoms with Crippen LogP contribution in [0.4, 0.5) is 0 Å². The Balaban J connectivity index is 1.52. The lowest BCUT2D eigenvalue weighted by molar-refractivity contribution is -0.158. The molecule has 0 aliphatic carbocycles. The SMILES string of the molecule is O=C(NC[C@@]12CC[C@@H](O1)[C@H]1C(=O)OC(=O)[C@H]12)c1ccccc1. The van der Waals surface area contributed by atoms with Crippen molar-refractivity contribution in [2.75, 3.05) is 6.54 Å². The number of carbonyl (C=O) groups is 3. The van der Waals surface area contributed by atoms with Crippen molar-refractivity contribution in [3.63, 3.8) is 0 Å². The predicted molar refractivity (Wildman–Crippen MR) is 73.7 cm³/mol. The lowest BCUT2D eigenvalue weighted by atomic mass is 9.73. The molecule has 4 atom stereocenters. The van der Waals surface area contributed by atoms with E-state index in [0.29, 0.717) is 18.4 Å². The fourth-order valence-corrected chi connectivity index (χ4v) is 3.87. The molecule has 114 valence electrons. The van der Waals surface area contributed by atoms with E-state index in [1.165, 1.54) is 0 Å². The third-order valence-electron chi connectivity index (χ3n) is 4.88. The van der Waals surface area contributed by atoms with Crippen LogP contribution in [0.2, 0.25) is 0 Å². The van der Waals surface area contributed by atoms with Crippen LogP contribution in [0.3, 0.4) is 0 Å². The first kappa shape index (κ1) is 13.5. The highest BCUT2D eigenvalue weighted by molar-refractivity contribution is 5.99. The van der Waals surface area contributed by atoms with Crippen LogP contribution in [0.1, 0.15) is 23.2 Å². The van der Waals surface area contributed by atoms with Crippen LogP contribution in [0.15, 0.2) is 30.3 Å². The van der Waals surface area contributed by atoms with Gasteiger partial charge in [-0.3, -0.25) is 14.4 Å². The Morgan fingerprint density at radius 3 is 2.77 bits per heavy atom. The summed E-state index contributed by atoms with van der Waals surface area (Å²) in [6.07, 6.45) is 1.10. The second-order valence-corrected chi connectivity index (χ2v) is 6.05. The summed E-state index contributed by atoms with van der Waals surface area (Å²) in [6.45, 7) is 0.209. The first-order chi connectivity index (χ1) is 10.6. The van der Waals surface area contributed by atoms with Crippen molar-refractivity contribution in [2.24, 2.45) is 11.8 Å². The van der Waals surface area contributed by atoms with Crippen molar-refractivity contribution in [2.45, 2.75) is 24.5 Å². The predicted octanol–water partition coefficient (Wildman–Crippen LogP) is 0.664. The highest BCUT2D eigenvalue weighted by Gasteiger charge is 2.68. The molecule has 1 aromatic carbocycles. The van der Waals surface area contributed by atoms with E-state index < -0.39 is 29.4 Å². The minimum absolute atomic E-state index is 0.209. The van der Waals surface area contributed by atoms with Gasteiger partial charge in [-0.1, -0.05) is 18.2 Å². The standard InChI is InChI=1S/C16H15NO5/c18-13(9-4-2-1-3-5-9)17-8-16-7-6-10(22-16)11-12(16)15(20)21-14(11)19/h1-5,10-12H,6-8H2,(H,17,18)/t10-,11-,12+,16-/m1/s1. The highest BCUT2D eigenvalue weighted by atomic mass is 16.6. The molecule has 0 unspecified atom stereocenters. The summed E-state index contributed by atoms with van der Waals surface area (Å²) in [6, 6.07) is 8.84. The summed E-state index contributed by atoms with van der Waals surface area (Å²) < 4.78 is 10.7. The van der Waals surface area contributed by atoms with Crippen LogP contribution < -0.4 is 5.32 Å². The summed E-state index contributed by atoms with van der Waals surface area (Å²) in [5, 5.41) is 2.82. The number of carbonyl (C=O) groups excluding carboxylic acids is 3. The van der Waals surface area contributed by atoms with E-state index in [4.69, 9.17) is 9.47 Å². The fourth-order valence-electron chi connectivity index (χ4n) is 3.87. The quantitative estimate of drug-likeness (QED) is 0.655. The Bertz CT molecular complexity index is 658. The van der Waals surface area contributed by atoms with Gasteiger partial charge < -0.3 is 14.8 Å². The highest BCUT2D eigenvalue weighted by Crippen LogP contribution is 2.54. The summed E-state index contributed by atoms with van der Waals surface area (Å²) in [4.78, 5) is 35.8. The van der Waals surface area contributed by atoms with Gasteiger partial charge in [0.2, 0.25) is 0 Å². The smallest absolute Gasteiger partial charge is 0.320 e. The number of nitrogens with one attached hydrogen (secondary N) is 1. The van der Waals surface area contributed by atoms with Crippen LogP contribution in [-0.2, 0) is 19.1 Å². The van der Waals surface area contributed by atoms with Gasteiger partial charge in [-0.15, -0.1) is 0 Å². The number of hydrogen-bond donors (Lipinski definition) is 1. The van der Waals surface area contributed by atoms with Crippen molar-refractivity contribution >= 4 is 17.8 Å². The molecule has 6 nitrogen and oxygen atoms in total. The van der Waals surface area contributed by atoms with E-state index in [1.54, 1.807) is 24.3 Å². The minimum atomic E-state index is -0.803. The third-order valence-corrected chi connectivity index (χ3v) is 4.88. The first-order valence-corrected chi connectivity index (χ1v) is 7.37. The molecule has 1 N–H and O–H groups in total. The van der Waals surface area contributed by atoms with Gasteiger partial charge in [0.25, 0.3) is 5.91 Å². The van der Waals surface area contributed by atoms with E-state index in [9.17, 15) is 14.4 Å².